The van der Waals surface area contributed by atoms with E-state index in [0.29, 0.717) is 0 Å². The van der Waals surface area contributed by atoms with Crippen LogP contribution in [0.15, 0.2) is 73.1 Å². The minimum Gasteiger partial charge on any atom is -0.381 e. The van der Waals surface area contributed by atoms with E-state index in [1.807, 2.05) is 24.1 Å². The number of aryl methyl sites for hydroxylation is 2. The lowest BCUT2D eigenvalue weighted by molar-refractivity contribution is -0.0528. The molecule has 0 spiro atoms. The summed E-state index contributed by atoms with van der Waals surface area (Å²) < 4.78 is 11.0. The monoisotopic (exact) mass is 569 g/mol. The van der Waals surface area contributed by atoms with Crippen LogP contribution in [0.2, 0.25) is 0 Å². The van der Waals surface area contributed by atoms with Gasteiger partial charge in [-0.15, -0.1) is 0 Å². The molecular formula is C37H39N5O. The molecule has 0 fully saturated rings. The normalized spacial score (nSPS) is 13.9. The van der Waals surface area contributed by atoms with Crippen LogP contribution in [0.5, 0.6) is 0 Å². The van der Waals surface area contributed by atoms with Crippen molar-refractivity contribution in [2.75, 3.05) is 11.9 Å². The van der Waals surface area contributed by atoms with E-state index in [1.54, 1.807) is 0 Å². The zero-order chi connectivity index (χ0) is 30.0. The molecule has 0 amide bonds. The van der Waals surface area contributed by atoms with Gasteiger partial charge in [-0.05, 0) is 94.1 Å². The van der Waals surface area contributed by atoms with E-state index in [2.05, 4.69) is 117 Å². The Hall–Kier alpha value is -4.42. The average Bonchev–Trinajstić information content (AvgIpc) is 3.55. The summed E-state index contributed by atoms with van der Waals surface area (Å²) in [6, 6.07) is 22.1. The molecule has 4 heterocycles. The summed E-state index contributed by atoms with van der Waals surface area (Å²) in [5.74, 6) is 0. The van der Waals surface area contributed by atoms with E-state index in [1.165, 1.54) is 50.1 Å². The van der Waals surface area contributed by atoms with Crippen LogP contribution in [0.25, 0.3) is 55.4 Å². The van der Waals surface area contributed by atoms with E-state index in [9.17, 15) is 0 Å². The van der Waals surface area contributed by atoms with Gasteiger partial charge >= 0.3 is 0 Å². The summed E-state index contributed by atoms with van der Waals surface area (Å²) in [4.78, 5) is 4.78. The molecule has 1 atom stereocenters. The van der Waals surface area contributed by atoms with Gasteiger partial charge in [-0.2, -0.15) is 5.10 Å². The maximum atomic E-state index is 6.63. The summed E-state index contributed by atoms with van der Waals surface area (Å²) in [5, 5.41) is 10.6. The quantitative estimate of drug-likeness (QED) is 0.225. The fourth-order valence-electron chi connectivity index (χ4n) is 6.83. The van der Waals surface area contributed by atoms with Gasteiger partial charge in [0.15, 0.2) is 0 Å². The van der Waals surface area contributed by atoms with Gasteiger partial charge < -0.3 is 14.6 Å². The number of hydrogen-bond acceptors (Lipinski definition) is 4. The van der Waals surface area contributed by atoms with E-state index in [0.717, 1.165) is 40.8 Å². The molecule has 6 heteroatoms. The van der Waals surface area contributed by atoms with Gasteiger partial charge in [-0.3, -0.25) is 9.67 Å². The summed E-state index contributed by atoms with van der Waals surface area (Å²) in [6.07, 6.45) is 3.77. The van der Waals surface area contributed by atoms with E-state index >= 15 is 0 Å². The Morgan fingerprint density at radius 1 is 0.930 bits per heavy atom. The molecule has 1 unspecified atom stereocenters. The third kappa shape index (κ3) is 4.70. The lowest BCUT2D eigenvalue weighted by atomic mass is 9.87. The van der Waals surface area contributed by atoms with Crippen molar-refractivity contribution < 1.29 is 4.74 Å². The van der Waals surface area contributed by atoms with Crippen molar-refractivity contribution in [2.24, 2.45) is 7.05 Å². The number of ether oxygens (including phenoxy) is 1. The number of pyridine rings is 1. The molecule has 0 saturated heterocycles. The number of fused-ring (bicyclic) bond motifs is 1. The molecule has 0 bridgehead atoms. The van der Waals surface area contributed by atoms with Crippen LogP contribution in [-0.4, -0.2) is 31.5 Å². The smallest absolute Gasteiger partial charge is 0.0813 e. The fourth-order valence-corrected chi connectivity index (χ4v) is 6.83. The molecule has 1 aliphatic heterocycles. The van der Waals surface area contributed by atoms with Crippen LogP contribution in [-0.2, 0) is 18.3 Å². The second-order valence-electron chi connectivity index (χ2n) is 12.9. The minimum atomic E-state index is -0.265. The van der Waals surface area contributed by atoms with Gasteiger partial charge in [0, 0.05) is 53.9 Å². The Bertz CT molecular complexity index is 2010. The van der Waals surface area contributed by atoms with Crippen LogP contribution in [0.3, 0.4) is 0 Å². The van der Waals surface area contributed by atoms with Gasteiger partial charge in [0.25, 0.3) is 0 Å². The number of benzene rings is 3. The average molecular weight is 570 g/mol. The molecule has 6 nitrogen and oxygen atoms in total. The number of aromatic nitrogens is 4. The predicted octanol–water partition coefficient (Wildman–Crippen LogP) is 8.84. The van der Waals surface area contributed by atoms with Crippen molar-refractivity contribution in [1.82, 2.24) is 19.3 Å². The summed E-state index contributed by atoms with van der Waals surface area (Å²) in [6.45, 7) is 14.7. The molecule has 218 valence electrons. The van der Waals surface area contributed by atoms with Crippen molar-refractivity contribution in [2.45, 2.75) is 59.8 Å². The zero-order valence-electron chi connectivity index (χ0n) is 26.1. The number of anilines is 1. The SMILES string of the molecule is Cc1ccc(-c2c(C(C)OC(C)(C)C)c(C)c3c4c2cc(-c2ccnc(-c5ccc6c(cnn6C)c5)c2)n4CCN3)cc1. The predicted molar refractivity (Wildman–Crippen MR) is 178 cm³/mol. The molecule has 3 aromatic carbocycles. The Morgan fingerprint density at radius 2 is 1.70 bits per heavy atom. The van der Waals surface area contributed by atoms with Gasteiger partial charge in [-0.25, -0.2) is 0 Å². The fraction of sp³-hybridized carbons (Fsp3) is 0.297. The van der Waals surface area contributed by atoms with Crippen molar-refractivity contribution in [3.05, 3.63) is 89.7 Å². The second kappa shape index (κ2) is 10.1. The molecule has 0 aliphatic carbocycles. The molecule has 6 aromatic rings. The van der Waals surface area contributed by atoms with Crippen LogP contribution in [0.4, 0.5) is 5.69 Å². The number of rotatable bonds is 5. The van der Waals surface area contributed by atoms with Crippen LogP contribution < -0.4 is 5.32 Å². The number of nitrogens with zero attached hydrogens (tertiary/aromatic N) is 4. The van der Waals surface area contributed by atoms with Gasteiger partial charge in [0.05, 0.1) is 40.3 Å². The molecule has 0 saturated carbocycles. The largest absolute Gasteiger partial charge is 0.381 e. The lowest BCUT2D eigenvalue weighted by Gasteiger charge is -2.31. The van der Waals surface area contributed by atoms with E-state index < -0.39 is 0 Å². The second-order valence-corrected chi connectivity index (χ2v) is 12.9. The zero-order valence-corrected chi connectivity index (χ0v) is 26.1. The highest BCUT2D eigenvalue weighted by Crippen LogP contribution is 2.47. The van der Waals surface area contributed by atoms with E-state index in [4.69, 9.17) is 9.72 Å². The molecule has 0 radical (unpaired) electrons. The van der Waals surface area contributed by atoms with Gasteiger partial charge in [0.1, 0.15) is 0 Å². The van der Waals surface area contributed by atoms with E-state index in [-0.39, 0.29) is 11.7 Å². The molecular weight excluding hydrogens is 530 g/mol. The highest BCUT2D eigenvalue weighted by Gasteiger charge is 2.29. The Labute approximate surface area is 253 Å². The van der Waals surface area contributed by atoms with Crippen molar-refractivity contribution in [1.29, 1.82) is 0 Å². The first-order valence-electron chi connectivity index (χ1n) is 15.2. The van der Waals surface area contributed by atoms with Crippen molar-refractivity contribution in [3.8, 4) is 33.6 Å². The Kier molecular flexibility index (Phi) is 6.44. The first-order valence-corrected chi connectivity index (χ1v) is 15.2. The van der Waals surface area contributed by atoms with Crippen molar-refractivity contribution >= 4 is 27.5 Å². The van der Waals surface area contributed by atoms with Gasteiger partial charge in [0.2, 0.25) is 0 Å². The maximum absolute atomic E-state index is 6.63. The first-order chi connectivity index (χ1) is 20.6. The van der Waals surface area contributed by atoms with Crippen molar-refractivity contribution in [3.63, 3.8) is 0 Å². The number of hydrogen-bond donors (Lipinski definition) is 1. The van der Waals surface area contributed by atoms with Gasteiger partial charge in [-0.1, -0.05) is 35.9 Å². The highest BCUT2D eigenvalue weighted by molar-refractivity contribution is 6.08. The molecule has 1 N–H and O–H groups in total. The molecule has 43 heavy (non-hydrogen) atoms. The van der Waals surface area contributed by atoms with Crippen LogP contribution in [0, 0.1) is 13.8 Å². The third-order valence-electron chi connectivity index (χ3n) is 8.66. The lowest BCUT2D eigenvalue weighted by Crippen LogP contribution is -2.23. The minimum absolute atomic E-state index is 0.0811. The summed E-state index contributed by atoms with van der Waals surface area (Å²) in [7, 11) is 1.97. The number of nitrogens with one attached hydrogen (secondary N) is 1. The topological polar surface area (TPSA) is 56.9 Å². The standard InChI is InChI=1S/C37H39N5O/c1-22-8-10-25(11-9-22)34-29-20-32(27-14-15-38-30(19-27)26-12-13-31-28(18-26)21-40-41(31)7)42-17-16-39-35(36(29)42)23(2)33(34)24(3)43-37(4,5)6/h8-15,18-21,24,39H,16-17H2,1-7H3. The van der Waals surface area contributed by atoms with Crippen LogP contribution in [0.1, 0.15) is 50.5 Å². The summed E-state index contributed by atoms with van der Waals surface area (Å²) >= 11 is 0. The third-order valence-corrected chi connectivity index (χ3v) is 8.66. The highest BCUT2D eigenvalue weighted by atomic mass is 16.5. The first kappa shape index (κ1) is 27.4. The van der Waals surface area contributed by atoms with Crippen LogP contribution >= 0.6 is 0 Å². The molecule has 3 aromatic heterocycles. The molecule has 1 aliphatic rings. The Balaban J connectivity index is 1.46. The maximum Gasteiger partial charge on any atom is 0.0813 e. The summed E-state index contributed by atoms with van der Waals surface area (Å²) in [5.41, 5.74) is 14.0. The molecule has 7 rings (SSSR count). The Morgan fingerprint density at radius 3 is 2.47 bits per heavy atom.